The molecule has 0 saturated carbocycles. The zero-order valence-electron chi connectivity index (χ0n) is 16.3. The first-order chi connectivity index (χ1) is 13.1. The lowest BCUT2D eigenvalue weighted by atomic mass is 9.99. The Morgan fingerprint density at radius 2 is 2.00 bits per heavy atom. The van der Waals surface area contributed by atoms with Crippen LogP contribution >= 0.6 is 0 Å². The van der Waals surface area contributed by atoms with Gasteiger partial charge >= 0.3 is 0 Å². The molecule has 3 rings (SSSR count). The number of aliphatic hydroxyl groups is 1. The number of amides is 1. The standard InChI is InChI=1S/C22H29N3O2/c1-3-25(16-17-10-12-23-13-11-17)22(27)18-8-9-20-19(15-18)21(26)7-5-4-6-14-24(20)2/h8-13,15,21,26H,3-7,14,16H2,1-2H3. The maximum atomic E-state index is 13.1. The maximum absolute atomic E-state index is 13.1. The van der Waals surface area contributed by atoms with E-state index in [1.54, 1.807) is 12.4 Å². The van der Waals surface area contributed by atoms with Crippen molar-refractivity contribution in [3.63, 3.8) is 0 Å². The average molecular weight is 367 g/mol. The summed E-state index contributed by atoms with van der Waals surface area (Å²) in [5.41, 5.74) is 3.59. The van der Waals surface area contributed by atoms with E-state index in [1.807, 2.05) is 42.2 Å². The number of nitrogens with zero attached hydrogens (tertiary/aromatic N) is 3. The second kappa shape index (κ2) is 9.00. The smallest absolute Gasteiger partial charge is 0.254 e. The number of rotatable bonds is 4. The fraction of sp³-hybridized carbons (Fsp3) is 0.455. The van der Waals surface area contributed by atoms with Gasteiger partial charge in [-0.15, -0.1) is 0 Å². The highest BCUT2D eigenvalue weighted by molar-refractivity contribution is 5.95. The van der Waals surface area contributed by atoms with Gasteiger partial charge in [-0.2, -0.15) is 0 Å². The Morgan fingerprint density at radius 1 is 1.22 bits per heavy atom. The summed E-state index contributed by atoms with van der Waals surface area (Å²) in [6, 6.07) is 9.62. The van der Waals surface area contributed by atoms with Crippen molar-refractivity contribution in [2.24, 2.45) is 0 Å². The van der Waals surface area contributed by atoms with Gasteiger partial charge in [0.05, 0.1) is 6.10 Å². The van der Waals surface area contributed by atoms with Gasteiger partial charge in [-0.25, -0.2) is 0 Å². The summed E-state index contributed by atoms with van der Waals surface area (Å²) in [6.07, 6.45) is 6.96. The average Bonchev–Trinajstić information content (AvgIpc) is 2.77. The molecule has 0 bridgehead atoms. The number of carbonyl (C=O) groups excluding carboxylic acids is 1. The van der Waals surface area contributed by atoms with Crippen LogP contribution in [-0.4, -0.2) is 41.0 Å². The van der Waals surface area contributed by atoms with E-state index in [1.165, 1.54) is 0 Å². The lowest BCUT2D eigenvalue weighted by Crippen LogP contribution is -2.30. The van der Waals surface area contributed by atoms with Gasteiger partial charge in [0.2, 0.25) is 0 Å². The zero-order valence-corrected chi connectivity index (χ0v) is 16.3. The summed E-state index contributed by atoms with van der Waals surface area (Å²) in [6.45, 7) is 4.13. The van der Waals surface area contributed by atoms with E-state index in [0.29, 0.717) is 18.7 Å². The van der Waals surface area contributed by atoms with E-state index in [-0.39, 0.29) is 5.91 Å². The second-order valence-corrected chi connectivity index (χ2v) is 7.24. The molecule has 1 aliphatic heterocycles. The van der Waals surface area contributed by atoms with Crippen LogP contribution in [0.25, 0.3) is 0 Å². The van der Waals surface area contributed by atoms with Crippen molar-refractivity contribution in [2.75, 3.05) is 25.0 Å². The molecule has 0 aliphatic carbocycles. The van der Waals surface area contributed by atoms with Gasteiger partial charge < -0.3 is 14.9 Å². The molecule has 1 N–H and O–H groups in total. The molecule has 144 valence electrons. The summed E-state index contributed by atoms with van der Waals surface area (Å²) in [7, 11) is 2.06. The van der Waals surface area contributed by atoms with Crippen molar-refractivity contribution in [3.8, 4) is 0 Å². The Morgan fingerprint density at radius 3 is 2.74 bits per heavy atom. The largest absolute Gasteiger partial charge is 0.388 e. The van der Waals surface area contributed by atoms with Crippen LogP contribution in [-0.2, 0) is 6.54 Å². The Bertz CT molecular complexity index is 763. The van der Waals surface area contributed by atoms with Crippen molar-refractivity contribution < 1.29 is 9.90 Å². The molecular weight excluding hydrogens is 338 g/mol. The van der Waals surface area contributed by atoms with Crippen molar-refractivity contribution >= 4 is 11.6 Å². The predicted molar refractivity (Wildman–Crippen MR) is 108 cm³/mol. The molecule has 2 heterocycles. The molecule has 1 amide bonds. The molecule has 1 aliphatic rings. The molecule has 1 unspecified atom stereocenters. The van der Waals surface area contributed by atoms with Gasteiger partial charge in [0.15, 0.2) is 0 Å². The molecular formula is C22H29N3O2. The molecule has 0 spiro atoms. The number of carbonyl (C=O) groups is 1. The van der Waals surface area contributed by atoms with Gasteiger partial charge in [0.25, 0.3) is 5.91 Å². The number of aromatic nitrogens is 1. The highest BCUT2D eigenvalue weighted by Gasteiger charge is 2.21. The van der Waals surface area contributed by atoms with E-state index in [0.717, 1.165) is 49.0 Å². The van der Waals surface area contributed by atoms with E-state index < -0.39 is 6.10 Å². The number of aliphatic hydroxyl groups excluding tert-OH is 1. The predicted octanol–water partition coefficient (Wildman–Crippen LogP) is 3.79. The summed E-state index contributed by atoms with van der Waals surface area (Å²) in [5, 5.41) is 10.7. The minimum Gasteiger partial charge on any atom is -0.388 e. The van der Waals surface area contributed by atoms with Crippen LogP contribution in [0.3, 0.4) is 0 Å². The summed E-state index contributed by atoms with van der Waals surface area (Å²) >= 11 is 0. The van der Waals surface area contributed by atoms with Gasteiger partial charge in [0.1, 0.15) is 0 Å². The Balaban J connectivity index is 1.87. The third-order valence-electron chi connectivity index (χ3n) is 5.31. The zero-order chi connectivity index (χ0) is 19.2. The van der Waals surface area contributed by atoms with E-state index in [9.17, 15) is 9.90 Å². The maximum Gasteiger partial charge on any atom is 0.254 e. The monoisotopic (exact) mass is 367 g/mol. The molecule has 0 fully saturated rings. The first-order valence-electron chi connectivity index (χ1n) is 9.81. The van der Waals surface area contributed by atoms with E-state index in [4.69, 9.17) is 0 Å². The Kier molecular flexibility index (Phi) is 6.45. The molecule has 5 nitrogen and oxygen atoms in total. The van der Waals surface area contributed by atoms with Crippen molar-refractivity contribution in [2.45, 2.75) is 45.3 Å². The van der Waals surface area contributed by atoms with Crippen LogP contribution in [0.15, 0.2) is 42.7 Å². The molecule has 5 heteroatoms. The number of benzene rings is 1. The molecule has 1 aromatic carbocycles. The van der Waals surface area contributed by atoms with Crippen LogP contribution in [0.4, 0.5) is 5.69 Å². The van der Waals surface area contributed by atoms with Gasteiger partial charge in [-0.1, -0.05) is 12.8 Å². The summed E-state index contributed by atoms with van der Waals surface area (Å²) in [5.74, 6) is -0.00756. The molecule has 1 aromatic heterocycles. The van der Waals surface area contributed by atoms with Crippen LogP contribution in [0.5, 0.6) is 0 Å². The number of anilines is 1. The summed E-state index contributed by atoms with van der Waals surface area (Å²) in [4.78, 5) is 21.1. The second-order valence-electron chi connectivity index (χ2n) is 7.24. The van der Waals surface area contributed by atoms with Crippen LogP contribution < -0.4 is 4.90 Å². The number of fused-ring (bicyclic) bond motifs is 1. The lowest BCUT2D eigenvalue weighted by molar-refractivity contribution is 0.0752. The minimum atomic E-state index is -0.524. The van der Waals surface area contributed by atoms with Gasteiger partial charge in [0, 0.05) is 55.9 Å². The van der Waals surface area contributed by atoms with Gasteiger partial charge in [-0.05, 0) is 55.7 Å². The molecule has 0 saturated heterocycles. The van der Waals surface area contributed by atoms with E-state index in [2.05, 4.69) is 16.9 Å². The highest BCUT2D eigenvalue weighted by atomic mass is 16.3. The lowest BCUT2D eigenvalue weighted by Gasteiger charge is -2.25. The fourth-order valence-electron chi connectivity index (χ4n) is 3.66. The SMILES string of the molecule is CCN(Cc1ccncc1)C(=O)c1ccc2c(c1)C(O)CCCCCN2C. The quantitative estimate of drug-likeness (QED) is 0.893. The van der Waals surface area contributed by atoms with E-state index >= 15 is 0 Å². The molecule has 2 aromatic rings. The third-order valence-corrected chi connectivity index (χ3v) is 5.31. The third kappa shape index (κ3) is 4.66. The number of hydrogen-bond donors (Lipinski definition) is 1. The van der Waals surface area contributed by atoms with Crippen molar-refractivity contribution in [1.29, 1.82) is 0 Å². The molecule has 0 radical (unpaired) electrons. The molecule has 27 heavy (non-hydrogen) atoms. The minimum absolute atomic E-state index is 0.00756. The Labute approximate surface area is 161 Å². The first kappa shape index (κ1) is 19.4. The van der Waals surface area contributed by atoms with Crippen molar-refractivity contribution in [1.82, 2.24) is 9.88 Å². The highest BCUT2D eigenvalue weighted by Crippen LogP contribution is 2.32. The first-order valence-corrected chi connectivity index (χ1v) is 9.81. The van der Waals surface area contributed by atoms with Crippen LogP contribution in [0.2, 0.25) is 0 Å². The fourth-order valence-corrected chi connectivity index (χ4v) is 3.66. The van der Waals surface area contributed by atoms with Crippen molar-refractivity contribution in [3.05, 3.63) is 59.4 Å². The number of pyridine rings is 1. The number of hydrogen-bond acceptors (Lipinski definition) is 4. The van der Waals surface area contributed by atoms with Crippen LogP contribution in [0, 0.1) is 0 Å². The van der Waals surface area contributed by atoms with Crippen LogP contribution in [0.1, 0.15) is 60.2 Å². The summed E-state index contributed by atoms with van der Waals surface area (Å²) < 4.78 is 0. The Hall–Kier alpha value is -2.40. The van der Waals surface area contributed by atoms with Gasteiger partial charge in [-0.3, -0.25) is 9.78 Å². The normalized spacial score (nSPS) is 17.4. The topological polar surface area (TPSA) is 56.7 Å². The molecule has 1 atom stereocenters.